The van der Waals surface area contributed by atoms with Crippen LogP contribution < -0.4 is 5.73 Å². The van der Waals surface area contributed by atoms with E-state index >= 15 is 0 Å². The van der Waals surface area contributed by atoms with Crippen molar-refractivity contribution >= 4 is 34.7 Å². The van der Waals surface area contributed by atoms with Gasteiger partial charge in [-0.3, -0.25) is 9.59 Å². The number of benzene rings is 2. The quantitative estimate of drug-likeness (QED) is 0.369. The lowest BCUT2D eigenvalue weighted by Gasteiger charge is -2.15. The smallest absolute Gasteiger partial charge is 0.324 e. The van der Waals surface area contributed by atoms with E-state index in [0.717, 1.165) is 11.1 Å². The molecule has 7 nitrogen and oxygen atoms in total. The number of primary amides is 1. The Labute approximate surface area is 174 Å². The molecule has 1 amide bonds. The van der Waals surface area contributed by atoms with Crippen LogP contribution in [0.5, 0.6) is 0 Å². The fraction of sp³-hybridized carbons (Fsp3) is 0.217. The van der Waals surface area contributed by atoms with Crippen molar-refractivity contribution in [3.63, 3.8) is 0 Å². The Morgan fingerprint density at radius 3 is 2.40 bits per heavy atom. The lowest BCUT2D eigenvalue weighted by atomic mass is 9.99. The predicted octanol–water partition coefficient (Wildman–Crippen LogP) is 3.43. The Hall–Kier alpha value is -3.74. The first-order valence-electron chi connectivity index (χ1n) is 9.52. The number of nitrogens with zero attached hydrogens (tertiary/aromatic N) is 2. The summed E-state index contributed by atoms with van der Waals surface area (Å²) in [5.74, 6) is -3.22. The van der Waals surface area contributed by atoms with Gasteiger partial charge < -0.3 is 15.6 Å². The van der Waals surface area contributed by atoms with Gasteiger partial charge in [0.05, 0.1) is 29.0 Å². The third kappa shape index (κ3) is 4.30. The van der Waals surface area contributed by atoms with Gasteiger partial charge in [-0.2, -0.15) is 0 Å². The molecule has 0 saturated carbocycles. The van der Waals surface area contributed by atoms with Crippen molar-refractivity contribution in [3.05, 3.63) is 70.5 Å². The molecule has 1 heterocycles. The summed E-state index contributed by atoms with van der Waals surface area (Å²) in [7, 11) is 0. The SMILES string of the molecule is CCOC(=O)[C@H](C(N)=O)c1nc2ccccc2nc1/C=C(\O)c1ccc(C)cc1C. The zero-order chi connectivity index (χ0) is 21.8. The van der Waals surface area contributed by atoms with Crippen molar-refractivity contribution in [1.29, 1.82) is 0 Å². The number of amides is 1. The first-order valence-corrected chi connectivity index (χ1v) is 9.52. The minimum Gasteiger partial charge on any atom is -0.507 e. The number of aromatic nitrogens is 2. The van der Waals surface area contributed by atoms with Gasteiger partial charge in [0.25, 0.3) is 0 Å². The number of ether oxygens (including phenoxy) is 1. The van der Waals surface area contributed by atoms with Crippen LogP contribution in [-0.2, 0) is 14.3 Å². The molecular weight excluding hydrogens is 382 g/mol. The molecule has 0 radical (unpaired) electrons. The van der Waals surface area contributed by atoms with Gasteiger partial charge in [0.1, 0.15) is 5.76 Å². The van der Waals surface area contributed by atoms with E-state index in [1.54, 1.807) is 37.3 Å². The van der Waals surface area contributed by atoms with Crippen molar-refractivity contribution in [1.82, 2.24) is 9.97 Å². The van der Waals surface area contributed by atoms with Crippen LogP contribution >= 0.6 is 0 Å². The van der Waals surface area contributed by atoms with Crippen molar-refractivity contribution in [3.8, 4) is 0 Å². The maximum absolute atomic E-state index is 12.4. The summed E-state index contributed by atoms with van der Waals surface area (Å²) in [6.45, 7) is 5.56. The molecule has 0 saturated heterocycles. The molecular formula is C23H23N3O4. The molecule has 154 valence electrons. The number of hydrogen-bond donors (Lipinski definition) is 2. The normalized spacial score (nSPS) is 12.6. The molecule has 2 aromatic carbocycles. The minimum absolute atomic E-state index is 0.0379. The number of hydrogen-bond acceptors (Lipinski definition) is 6. The zero-order valence-corrected chi connectivity index (χ0v) is 17.0. The van der Waals surface area contributed by atoms with Crippen molar-refractivity contribution in [2.45, 2.75) is 26.7 Å². The summed E-state index contributed by atoms with van der Waals surface area (Å²) < 4.78 is 5.02. The average Bonchev–Trinajstić information content (AvgIpc) is 2.68. The standard InChI is InChI=1S/C23H23N3O4/c1-4-30-23(29)20(22(24)28)21-18(25-16-7-5-6-8-17(16)26-21)12-19(27)15-10-9-13(2)11-14(15)3/h5-12,20,27H,4H2,1-3H3,(H2,24,28)/b19-12-/t20-/m0/s1. The molecule has 0 spiro atoms. The topological polar surface area (TPSA) is 115 Å². The number of carbonyl (C=O) groups excluding carboxylic acids is 2. The zero-order valence-electron chi connectivity index (χ0n) is 17.0. The van der Waals surface area contributed by atoms with Gasteiger partial charge in [-0.05, 0) is 38.5 Å². The van der Waals surface area contributed by atoms with E-state index in [1.165, 1.54) is 6.08 Å². The lowest BCUT2D eigenvalue weighted by molar-refractivity contribution is -0.147. The van der Waals surface area contributed by atoms with E-state index in [1.807, 2.05) is 26.0 Å². The monoisotopic (exact) mass is 405 g/mol. The van der Waals surface area contributed by atoms with Crippen molar-refractivity contribution < 1.29 is 19.4 Å². The van der Waals surface area contributed by atoms with Crippen LogP contribution in [-0.4, -0.2) is 33.6 Å². The minimum atomic E-state index is -1.44. The molecule has 0 fully saturated rings. The molecule has 7 heteroatoms. The van der Waals surface area contributed by atoms with Gasteiger partial charge >= 0.3 is 5.97 Å². The number of aryl methyl sites for hydroxylation is 2. The number of carbonyl (C=O) groups is 2. The van der Waals surface area contributed by atoms with Crippen LogP contribution in [0, 0.1) is 13.8 Å². The highest BCUT2D eigenvalue weighted by Crippen LogP contribution is 2.26. The van der Waals surface area contributed by atoms with Gasteiger partial charge in [0.2, 0.25) is 5.91 Å². The van der Waals surface area contributed by atoms with Crippen LogP contribution in [0.2, 0.25) is 0 Å². The van der Waals surface area contributed by atoms with Gasteiger partial charge in [-0.15, -0.1) is 0 Å². The highest BCUT2D eigenvalue weighted by Gasteiger charge is 2.32. The van der Waals surface area contributed by atoms with E-state index in [0.29, 0.717) is 16.6 Å². The summed E-state index contributed by atoms with van der Waals surface area (Å²) >= 11 is 0. The van der Waals surface area contributed by atoms with Gasteiger partial charge in [-0.25, -0.2) is 9.97 Å². The molecule has 0 aliphatic rings. The van der Waals surface area contributed by atoms with E-state index < -0.39 is 17.8 Å². The molecule has 1 aromatic heterocycles. The second kappa shape index (κ2) is 8.73. The summed E-state index contributed by atoms with van der Waals surface area (Å²) in [5.41, 5.74) is 9.29. The Morgan fingerprint density at radius 1 is 1.13 bits per heavy atom. The van der Waals surface area contributed by atoms with Crippen molar-refractivity contribution in [2.24, 2.45) is 5.73 Å². The van der Waals surface area contributed by atoms with Crippen LogP contribution in [0.1, 0.15) is 40.9 Å². The molecule has 0 unspecified atom stereocenters. The Balaban J connectivity index is 2.22. The number of esters is 1. The van der Waals surface area contributed by atoms with Gasteiger partial charge in [-0.1, -0.05) is 35.9 Å². The third-order valence-corrected chi connectivity index (χ3v) is 4.64. The molecule has 3 rings (SSSR count). The highest BCUT2D eigenvalue weighted by atomic mass is 16.5. The maximum Gasteiger partial charge on any atom is 0.324 e. The predicted molar refractivity (Wildman–Crippen MR) is 115 cm³/mol. The van der Waals surface area contributed by atoms with Crippen LogP contribution in [0.15, 0.2) is 42.5 Å². The van der Waals surface area contributed by atoms with E-state index in [4.69, 9.17) is 10.5 Å². The number of para-hydroxylation sites is 2. The molecule has 3 N–H and O–H groups in total. The fourth-order valence-electron chi connectivity index (χ4n) is 3.24. The lowest BCUT2D eigenvalue weighted by Crippen LogP contribution is -2.31. The molecule has 3 aromatic rings. The average molecular weight is 405 g/mol. The summed E-state index contributed by atoms with van der Waals surface area (Å²) in [5, 5.41) is 10.8. The molecule has 0 aliphatic carbocycles. The summed E-state index contributed by atoms with van der Waals surface area (Å²) in [6, 6.07) is 12.6. The second-order valence-electron chi connectivity index (χ2n) is 6.92. The van der Waals surface area contributed by atoms with E-state index in [-0.39, 0.29) is 23.8 Å². The van der Waals surface area contributed by atoms with Gasteiger partial charge in [0.15, 0.2) is 5.92 Å². The van der Waals surface area contributed by atoms with E-state index in [2.05, 4.69) is 9.97 Å². The van der Waals surface area contributed by atoms with Gasteiger partial charge in [0, 0.05) is 11.6 Å². The van der Waals surface area contributed by atoms with Crippen LogP contribution in [0.25, 0.3) is 22.9 Å². The Kier molecular flexibility index (Phi) is 6.11. The molecule has 0 bridgehead atoms. The third-order valence-electron chi connectivity index (χ3n) is 4.64. The second-order valence-corrected chi connectivity index (χ2v) is 6.92. The van der Waals surface area contributed by atoms with E-state index in [9.17, 15) is 14.7 Å². The number of nitrogens with two attached hydrogens (primary N) is 1. The maximum atomic E-state index is 12.4. The molecule has 0 aliphatic heterocycles. The molecule has 30 heavy (non-hydrogen) atoms. The number of fused-ring (bicyclic) bond motifs is 1. The summed E-state index contributed by atoms with van der Waals surface area (Å²) in [6.07, 6.45) is 1.39. The van der Waals surface area contributed by atoms with Crippen LogP contribution in [0.4, 0.5) is 0 Å². The molecule has 1 atom stereocenters. The first-order chi connectivity index (χ1) is 14.3. The number of rotatable bonds is 6. The van der Waals surface area contributed by atoms with Crippen molar-refractivity contribution in [2.75, 3.05) is 6.61 Å². The Morgan fingerprint density at radius 2 is 1.80 bits per heavy atom. The number of aliphatic hydroxyl groups is 1. The first kappa shape index (κ1) is 21.0. The number of aliphatic hydroxyl groups excluding tert-OH is 1. The largest absolute Gasteiger partial charge is 0.507 e. The van der Waals surface area contributed by atoms with Crippen LogP contribution in [0.3, 0.4) is 0 Å². The highest BCUT2D eigenvalue weighted by molar-refractivity contribution is 6.03. The summed E-state index contributed by atoms with van der Waals surface area (Å²) in [4.78, 5) is 33.6. The Bertz CT molecular complexity index is 1150. The fourth-order valence-corrected chi connectivity index (χ4v) is 3.24.